The molecule has 1 aliphatic heterocycles. The lowest BCUT2D eigenvalue weighted by Crippen LogP contribution is -2.40. The molecule has 1 aromatic carbocycles. The van der Waals surface area contributed by atoms with Gasteiger partial charge in [-0.15, -0.1) is 0 Å². The largest absolute Gasteiger partial charge is 0.338 e. The lowest BCUT2D eigenvalue weighted by molar-refractivity contribution is -0.128. The fourth-order valence-electron chi connectivity index (χ4n) is 2.88. The fourth-order valence-corrected chi connectivity index (χ4v) is 5.19. The summed E-state index contributed by atoms with van der Waals surface area (Å²) in [6.07, 6.45) is 4.80. The maximum absolute atomic E-state index is 12.6. The van der Waals surface area contributed by atoms with Crippen LogP contribution >= 0.6 is 11.8 Å². The van der Waals surface area contributed by atoms with E-state index in [2.05, 4.69) is 9.97 Å². The Morgan fingerprint density at radius 2 is 1.88 bits per heavy atom. The minimum atomic E-state index is -3.40. The number of aromatic nitrogens is 2. The Labute approximate surface area is 151 Å². The first-order valence-corrected chi connectivity index (χ1v) is 10.7. The zero-order valence-electron chi connectivity index (χ0n) is 13.6. The summed E-state index contributed by atoms with van der Waals surface area (Å²) in [7, 11) is -3.40. The van der Waals surface area contributed by atoms with E-state index in [-0.39, 0.29) is 23.5 Å². The number of nitrogens with zero attached hydrogens (tertiary/aromatic N) is 3. The number of amides is 1. The predicted octanol–water partition coefficient (Wildman–Crippen LogP) is 2.03. The van der Waals surface area contributed by atoms with Crippen LogP contribution in [0.25, 0.3) is 0 Å². The second-order valence-electron chi connectivity index (χ2n) is 5.80. The Morgan fingerprint density at radius 1 is 1.16 bits per heavy atom. The summed E-state index contributed by atoms with van der Waals surface area (Å²) >= 11 is 1.27. The Hall–Kier alpha value is -1.93. The molecule has 1 amide bonds. The maximum Gasteiger partial charge on any atom is 0.233 e. The van der Waals surface area contributed by atoms with Gasteiger partial charge in [-0.2, -0.15) is 0 Å². The van der Waals surface area contributed by atoms with E-state index >= 15 is 0 Å². The second-order valence-corrected chi connectivity index (χ2v) is 8.77. The van der Waals surface area contributed by atoms with Crippen molar-refractivity contribution >= 4 is 27.5 Å². The number of carbonyl (C=O) groups excluding carboxylic acids is 1. The van der Waals surface area contributed by atoms with E-state index in [1.165, 1.54) is 11.8 Å². The normalized spacial score (nSPS) is 17.6. The van der Waals surface area contributed by atoms with E-state index in [0.717, 1.165) is 6.42 Å². The van der Waals surface area contributed by atoms with Crippen molar-refractivity contribution in [1.82, 2.24) is 14.9 Å². The van der Waals surface area contributed by atoms with Gasteiger partial charge in [0.2, 0.25) is 5.91 Å². The van der Waals surface area contributed by atoms with Gasteiger partial charge in [0, 0.05) is 25.0 Å². The van der Waals surface area contributed by atoms with Crippen LogP contribution < -0.4 is 0 Å². The van der Waals surface area contributed by atoms with Crippen LogP contribution in [0.2, 0.25) is 0 Å². The molecule has 0 N–H and O–H groups in total. The van der Waals surface area contributed by atoms with Crippen molar-refractivity contribution < 1.29 is 13.2 Å². The topological polar surface area (TPSA) is 80.2 Å². The predicted molar refractivity (Wildman–Crippen MR) is 96.0 cm³/mol. The molecule has 1 aromatic heterocycles. The van der Waals surface area contributed by atoms with Crippen molar-refractivity contribution in [2.45, 2.75) is 28.9 Å². The van der Waals surface area contributed by atoms with Crippen molar-refractivity contribution in [3.05, 3.63) is 48.8 Å². The van der Waals surface area contributed by atoms with E-state index in [9.17, 15) is 13.2 Å². The highest BCUT2D eigenvalue weighted by Crippen LogP contribution is 2.23. The molecule has 1 atom stereocenters. The quantitative estimate of drug-likeness (QED) is 0.566. The first-order valence-electron chi connectivity index (χ1n) is 8.03. The zero-order chi connectivity index (χ0) is 17.7. The van der Waals surface area contributed by atoms with Gasteiger partial charge in [0.15, 0.2) is 15.0 Å². The summed E-state index contributed by atoms with van der Waals surface area (Å²) in [5.41, 5.74) is 0. The molecule has 132 valence electrons. The Kier molecular flexibility index (Phi) is 5.70. The van der Waals surface area contributed by atoms with Crippen LogP contribution in [0, 0.1) is 0 Å². The molecule has 3 rings (SSSR count). The lowest BCUT2D eigenvalue weighted by atomic mass is 10.2. The summed E-state index contributed by atoms with van der Waals surface area (Å²) in [6, 6.07) is 9.85. The van der Waals surface area contributed by atoms with Gasteiger partial charge in [0.25, 0.3) is 0 Å². The molecule has 1 saturated heterocycles. The van der Waals surface area contributed by atoms with Crippen LogP contribution in [0.5, 0.6) is 0 Å². The molecule has 8 heteroatoms. The van der Waals surface area contributed by atoms with Gasteiger partial charge in [-0.05, 0) is 31.0 Å². The minimum Gasteiger partial charge on any atom is -0.338 e. The molecule has 1 unspecified atom stereocenters. The molecular formula is C17H19N3O3S2. The molecular weight excluding hydrogens is 358 g/mol. The Balaban J connectivity index is 1.63. The molecule has 1 aliphatic rings. The van der Waals surface area contributed by atoms with Crippen LogP contribution in [-0.4, -0.2) is 53.3 Å². The fraction of sp³-hybridized carbons (Fsp3) is 0.353. The number of hydrogen-bond donors (Lipinski definition) is 0. The Bertz CT molecular complexity index is 814. The molecule has 25 heavy (non-hydrogen) atoms. The highest BCUT2D eigenvalue weighted by Gasteiger charge is 2.32. The lowest BCUT2D eigenvalue weighted by Gasteiger charge is -2.24. The van der Waals surface area contributed by atoms with Gasteiger partial charge in [-0.3, -0.25) is 4.79 Å². The SMILES string of the molecule is O=C(CSc1ncccn1)N1CCCC1CS(=O)(=O)c1ccccc1. The summed E-state index contributed by atoms with van der Waals surface area (Å²) in [5.74, 6) is 0.115. The third-order valence-corrected chi connectivity index (χ3v) is 6.75. The number of likely N-dealkylation sites (tertiary alicyclic amines) is 1. The van der Waals surface area contributed by atoms with Crippen molar-refractivity contribution in [1.29, 1.82) is 0 Å². The number of benzene rings is 1. The van der Waals surface area contributed by atoms with Crippen LogP contribution in [0.1, 0.15) is 12.8 Å². The second kappa shape index (κ2) is 7.97. The molecule has 1 fully saturated rings. The van der Waals surface area contributed by atoms with Crippen molar-refractivity contribution in [2.75, 3.05) is 18.1 Å². The molecule has 0 bridgehead atoms. The van der Waals surface area contributed by atoms with Gasteiger partial charge in [0.05, 0.1) is 16.4 Å². The van der Waals surface area contributed by atoms with Crippen molar-refractivity contribution in [2.24, 2.45) is 0 Å². The van der Waals surface area contributed by atoms with E-state index in [1.54, 1.807) is 53.7 Å². The van der Waals surface area contributed by atoms with E-state index in [1.807, 2.05) is 0 Å². The summed E-state index contributed by atoms with van der Waals surface area (Å²) in [5, 5.41) is 0.545. The summed E-state index contributed by atoms with van der Waals surface area (Å²) in [6.45, 7) is 0.601. The zero-order valence-corrected chi connectivity index (χ0v) is 15.2. The van der Waals surface area contributed by atoms with Gasteiger partial charge in [-0.1, -0.05) is 30.0 Å². The van der Waals surface area contributed by atoms with Gasteiger partial charge >= 0.3 is 0 Å². The smallest absolute Gasteiger partial charge is 0.233 e. The van der Waals surface area contributed by atoms with Crippen LogP contribution in [0.3, 0.4) is 0 Å². The summed E-state index contributed by atoms with van der Waals surface area (Å²) < 4.78 is 25.1. The first-order chi connectivity index (χ1) is 12.1. The average Bonchev–Trinajstić information content (AvgIpc) is 3.09. The number of thioether (sulfide) groups is 1. The van der Waals surface area contributed by atoms with Crippen molar-refractivity contribution in [3.63, 3.8) is 0 Å². The van der Waals surface area contributed by atoms with Crippen LogP contribution in [0.4, 0.5) is 0 Å². The van der Waals surface area contributed by atoms with Gasteiger partial charge < -0.3 is 4.90 Å². The van der Waals surface area contributed by atoms with Crippen LogP contribution in [-0.2, 0) is 14.6 Å². The highest BCUT2D eigenvalue weighted by atomic mass is 32.2. The number of rotatable bonds is 6. The monoisotopic (exact) mass is 377 g/mol. The van der Waals surface area contributed by atoms with Crippen molar-refractivity contribution in [3.8, 4) is 0 Å². The first kappa shape index (κ1) is 17.9. The number of sulfone groups is 1. The maximum atomic E-state index is 12.6. The van der Waals surface area contributed by atoms with Gasteiger partial charge in [-0.25, -0.2) is 18.4 Å². The molecule has 2 heterocycles. The molecule has 0 spiro atoms. The minimum absolute atomic E-state index is 0.0325. The Morgan fingerprint density at radius 3 is 2.60 bits per heavy atom. The standard InChI is InChI=1S/C17H19N3O3S2/c21-16(12-24-17-18-9-5-10-19-17)20-11-4-6-14(20)13-25(22,23)15-7-2-1-3-8-15/h1-3,5,7-10,14H,4,6,11-13H2. The molecule has 0 radical (unpaired) electrons. The number of carbonyl (C=O) groups is 1. The van der Waals surface area contributed by atoms with E-state index in [0.29, 0.717) is 23.0 Å². The number of hydrogen-bond acceptors (Lipinski definition) is 6. The third kappa shape index (κ3) is 4.58. The molecule has 0 aliphatic carbocycles. The van der Waals surface area contributed by atoms with E-state index < -0.39 is 9.84 Å². The molecule has 0 saturated carbocycles. The average molecular weight is 377 g/mol. The highest BCUT2D eigenvalue weighted by molar-refractivity contribution is 7.99. The summed E-state index contributed by atoms with van der Waals surface area (Å²) in [4.78, 5) is 22.7. The van der Waals surface area contributed by atoms with E-state index in [4.69, 9.17) is 0 Å². The third-order valence-electron chi connectivity index (χ3n) is 4.08. The molecule has 2 aromatic rings. The van der Waals surface area contributed by atoms with Gasteiger partial charge in [0.1, 0.15) is 0 Å². The van der Waals surface area contributed by atoms with Crippen LogP contribution in [0.15, 0.2) is 58.8 Å². The molecule has 6 nitrogen and oxygen atoms in total.